The van der Waals surface area contributed by atoms with Gasteiger partial charge in [-0.3, -0.25) is 39.5 Å². The number of nitrogens with one attached hydrogen (secondary N) is 3. The molecule has 0 radical (unpaired) electrons. The van der Waals surface area contributed by atoms with Gasteiger partial charge in [0, 0.05) is 103 Å². The highest BCUT2D eigenvalue weighted by Gasteiger charge is 2.64. The molecule has 12 atom stereocenters. The number of likely N-dealkylation sites (N-methyl/N-ethyl adjacent to an activating group) is 3. The van der Waals surface area contributed by atoms with Gasteiger partial charge in [-0.1, -0.05) is 74.2 Å². The normalized spacial score (nSPS) is 28.5. The fourth-order valence-corrected chi connectivity index (χ4v) is 13.2. The molecule has 3 aliphatic heterocycles. The minimum absolute atomic E-state index is 0.00400. The summed E-state index contributed by atoms with van der Waals surface area (Å²) in [6.07, 6.45) is 8.59. The van der Waals surface area contributed by atoms with Gasteiger partial charge in [0.15, 0.2) is 5.72 Å². The van der Waals surface area contributed by atoms with Crippen LogP contribution < -0.4 is 16.0 Å². The number of epoxide rings is 1. The van der Waals surface area contributed by atoms with Crippen molar-refractivity contribution in [3.05, 3.63) is 76.1 Å². The van der Waals surface area contributed by atoms with Crippen LogP contribution in [0.3, 0.4) is 0 Å². The van der Waals surface area contributed by atoms with Gasteiger partial charge in [0.1, 0.15) is 48.4 Å². The highest BCUT2D eigenvalue weighted by molar-refractivity contribution is 8.13. The molecule has 4 bridgehead atoms. The average Bonchev–Trinajstić information content (AvgIpc) is 1.58. The number of anilines is 1. The number of nitrogens with zero attached hydrogens (tertiary/aromatic N) is 4. The number of imide groups is 1. The zero-order valence-corrected chi connectivity index (χ0v) is 55.1. The SMILES string of the molecule is COC1=C(Cl)C2CC(=C1)CC(C)CCC[C@@H](OC)[C@@]1(O)C[C@H](OC(=O)N1)[C@@H](C)[C@@H]1O[C@@]1(C)[C@@H](OC(=O)[C@H](C)N(C)C(=O)CCSC(=O)N(C)CCN(C)C(=O)OCc1ccc(NC(=O)OC3/C=C/CCCCC3)c(C(=O)NCCN3C(=O)C=CC3=O)c1)CC(O)C2. The van der Waals surface area contributed by atoms with E-state index in [0.29, 0.717) is 42.0 Å². The summed E-state index contributed by atoms with van der Waals surface area (Å²) in [6, 6.07) is 3.34. The van der Waals surface area contributed by atoms with Gasteiger partial charge in [-0.05, 0) is 101 Å². The monoisotopic (exact) mass is 1310 g/mol. The number of esters is 1. The summed E-state index contributed by atoms with van der Waals surface area (Å²) in [5.41, 5.74) is -1.36. The number of carbonyl (C=O) groups is 9. The molecule has 0 spiro atoms. The summed E-state index contributed by atoms with van der Waals surface area (Å²) in [6.45, 7) is 6.89. The van der Waals surface area contributed by atoms with Crippen LogP contribution in [-0.2, 0) is 58.9 Å². The van der Waals surface area contributed by atoms with Gasteiger partial charge in [-0.2, -0.15) is 0 Å². The fourth-order valence-electron chi connectivity index (χ4n) is 12.2. The van der Waals surface area contributed by atoms with Gasteiger partial charge >= 0.3 is 24.2 Å². The molecule has 3 heterocycles. The number of hydrogen-bond acceptors (Lipinski definition) is 19. The van der Waals surface area contributed by atoms with Crippen molar-refractivity contribution in [1.29, 1.82) is 0 Å². The Bertz CT molecular complexity index is 2950. The van der Waals surface area contributed by atoms with Crippen molar-refractivity contribution in [3.63, 3.8) is 0 Å². The quantitative estimate of drug-likeness (QED) is 0.0292. The van der Waals surface area contributed by atoms with E-state index in [1.54, 1.807) is 20.1 Å². The summed E-state index contributed by atoms with van der Waals surface area (Å²) in [7, 11) is 7.50. The van der Waals surface area contributed by atoms with Crippen LogP contribution in [0.25, 0.3) is 0 Å². The Kier molecular flexibility index (Phi) is 25.8. The Labute approximate surface area is 541 Å². The second kappa shape index (κ2) is 32.7. The Morgan fingerprint density at radius 3 is 2.40 bits per heavy atom. The van der Waals surface area contributed by atoms with Crippen LogP contribution in [0.4, 0.5) is 24.9 Å². The predicted molar refractivity (Wildman–Crippen MR) is 336 cm³/mol. The summed E-state index contributed by atoms with van der Waals surface area (Å²) in [5, 5.41) is 31.8. The fraction of sp³-hybridized carbons (Fsp3) is 0.641. The van der Waals surface area contributed by atoms with Crippen LogP contribution in [0, 0.1) is 17.8 Å². The second-order valence-corrected chi connectivity index (χ2v) is 26.2. The summed E-state index contributed by atoms with van der Waals surface area (Å²) in [5.74, 6) is -2.94. The molecule has 1 aromatic rings. The highest BCUT2D eigenvalue weighted by atomic mass is 35.5. The number of rotatable bonds is 19. The van der Waals surface area contributed by atoms with E-state index in [2.05, 4.69) is 22.9 Å². The number of amides is 8. The van der Waals surface area contributed by atoms with Crippen molar-refractivity contribution in [2.45, 2.75) is 178 Å². The van der Waals surface area contributed by atoms with Gasteiger partial charge < -0.3 is 63.4 Å². The van der Waals surface area contributed by atoms with E-state index in [9.17, 15) is 53.4 Å². The highest BCUT2D eigenvalue weighted by Crippen LogP contribution is 2.50. The molecule has 4 unspecified atom stereocenters. The molecule has 1 saturated carbocycles. The number of methoxy groups -OCH3 is 2. The number of halogens is 1. The van der Waals surface area contributed by atoms with E-state index in [-0.39, 0.29) is 87.3 Å². The first-order chi connectivity index (χ1) is 43.2. The minimum atomic E-state index is -1.76. The molecule has 502 valence electrons. The molecule has 7 rings (SSSR count). The second-order valence-electron chi connectivity index (χ2n) is 24.8. The Morgan fingerprint density at radius 1 is 0.934 bits per heavy atom. The van der Waals surface area contributed by atoms with E-state index in [1.165, 1.54) is 62.0 Å². The van der Waals surface area contributed by atoms with E-state index < -0.39 is 113 Å². The molecule has 3 aliphatic carbocycles. The van der Waals surface area contributed by atoms with Crippen molar-refractivity contribution in [2.24, 2.45) is 17.8 Å². The lowest BCUT2D eigenvalue weighted by molar-refractivity contribution is -0.162. The lowest BCUT2D eigenvalue weighted by Gasteiger charge is -2.43. The molecule has 1 aromatic carbocycles. The zero-order valence-electron chi connectivity index (χ0n) is 53.5. The van der Waals surface area contributed by atoms with Crippen LogP contribution in [0.2, 0.25) is 0 Å². The molecule has 91 heavy (non-hydrogen) atoms. The van der Waals surface area contributed by atoms with E-state index >= 15 is 0 Å². The van der Waals surface area contributed by atoms with Gasteiger partial charge in [0.2, 0.25) is 5.91 Å². The third kappa shape index (κ3) is 19.4. The van der Waals surface area contributed by atoms with Crippen LogP contribution in [0.1, 0.15) is 134 Å². The number of benzene rings is 1. The largest absolute Gasteiger partial charge is 0.496 e. The predicted octanol–water partition coefficient (Wildman–Crippen LogP) is 7.67. The van der Waals surface area contributed by atoms with Crippen molar-refractivity contribution >= 4 is 82.2 Å². The lowest BCUT2D eigenvalue weighted by Crippen LogP contribution is -2.64. The standard InChI is InChI=1S/C64H90ClN7O18S/c1-38-16-15-19-50(85-9)64(83)36-49(88-60(80)68-64)39(2)56-63(4,90-56)51(35-44(73)34-43-31-42(30-38)33-48(84-8)55(43)65)89-58(78)40(3)71(7)52(74)24-29-91-62(82)70(6)28-27-69(5)61(81)86-37-41-20-21-47(67-59(79)87-45-17-13-11-10-12-14-18-45)46(32-41)57(77)66-25-26-72-53(75)22-23-54(72)76/h13,17,20-23,32-33,38-40,43-45,49-51,56,73,83H,10-12,14-16,18-19,24-31,34-37H2,1-9H3,(H,66,77)(H,67,79)(H,68,80)/b17-13+/t38?,39-,40+,43?,44?,45?,49+,50-,51+,56+,63+,64+/m1/s1. The smallest absolute Gasteiger partial charge is 0.412 e. The van der Waals surface area contributed by atoms with Gasteiger partial charge in [0.05, 0.1) is 35.6 Å². The maximum atomic E-state index is 14.2. The van der Waals surface area contributed by atoms with Crippen LogP contribution in [0.15, 0.2) is 64.9 Å². The van der Waals surface area contributed by atoms with E-state index in [1.807, 2.05) is 25.2 Å². The summed E-state index contributed by atoms with van der Waals surface area (Å²) >= 11 is 7.79. The molecule has 0 aromatic heterocycles. The number of fused-ring (bicyclic) bond motifs is 5. The van der Waals surface area contributed by atoms with E-state index in [4.69, 9.17) is 44.8 Å². The molecule has 3 fully saturated rings. The first-order valence-corrected chi connectivity index (χ1v) is 32.6. The summed E-state index contributed by atoms with van der Waals surface area (Å²) < 4.78 is 41.1. The Morgan fingerprint density at radius 2 is 1.67 bits per heavy atom. The maximum absolute atomic E-state index is 14.2. The van der Waals surface area contributed by atoms with Crippen molar-refractivity contribution in [1.82, 2.24) is 30.2 Å². The summed E-state index contributed by atoms with van der Waals surface area (Å²) in [4.78, 5) is 123. The molecule has 2 saturated heterocycles. The average molecular weight is 1310 g/mol. The zero-order chi connectivity index (χ0) is 66.3. The first-order valence-electron chi connectivity index (χ1n) is 31.3. The molecule has 8 amide bonds. The number of carbonyl (C=O) groups excluding carboxylic acids is 9. The number of aliphatic hydroxyl groups excluding tert-OH is 1. The number of ether oxygens (including phenoxy) is 7. The third-order valence-electron chi connectivity index (χ3n) is 17.9. The number of aliphatic hydroxyl groups is 2. The number of thioether (sulfide) groups is 1. The molecule has 25 nitrogen and oxygen atoms in total. The van der Waals surface area contributed by atoms with Crippen molar-refractivity contribution < 1.29 is 86.5 Å². The Balaban J connectivity index is 0.908. The van der Waals surface area contributed by atoms with E-state index in [0.717, 1.165) is 72.9 Å². The lowest BCUT2D eigenvalue weighted by atomic mass is 9.81. The van der Waals surface area contributed by atoms with Crippen molar-refractivity contribution in [3.8, 4) is 0 Å². The molecule has 5 N–H and O–H groups in total. The molecular weight excluding hydrogens is 1220 g/mol. The van der Waals surface area contributed by atoms with Crippen molar-refractivity contribution in [2.75, 3.05) is 72.6 Å². The first kappa shape index (κ1) is 71.7. The maximum Gasteiger partial charge on any atom is 0.412 e. The van der Waals surface area contributed by atoms with Crippen LogP contribution in [0.5, 0.6) is 0 Å². The van der Waals surface area contributed by atoms with Gasteiger partial charge in [0.25, 0.3) is 23.0 Å². The number of alkyl carbamates (subject to hydrolysis) is 1. The number of hydrogen-bond donors (Lipinski definition) is 5. The number of allylic oxidation sites excluding steroid dienone is 4. The molecular formula is C64H90ClN7O18S. The Hall–Kier alpha value is -6.71. The molecule has 27 heteroatoms. The topological polar surface area (TPSA) is 311 Å². The molecule has 6 aliphatic rings. The minimum Gasteiger partial charge on any atom is -0.496 e. The third-order valence-corrected chi connectivity index (χ3v) is 19.4. The van der Waals surface area contributed by atoms with Crippen LogP contribution in [-0.4, -0.2) is 204 Å². The van der Waals surface area contributed by atoms with Gasteiger partial charge in [-0.25, -0.2) is 19.2 Å². The van der Waals surface area contributed by atoms with Gasteiger partial charge in [-0.15, -0.1) is 0 Å². The van der Waals surface area contributed by atoms with Crippen LogP contribution >= 0.6 is 23.4 Å².